The first kappa shape index (κ1) is 25.3. The zero-order valence-corrected chi connectivity index (χ0v) is 21.9. The Labute approximate surface area is 228 Å². The molecule has 2 fully saturated rings. The topological polar surface area (TPSA) is 75.0 Å². The van der Waals surface area contributed by atoms with E-state index in [1.165, 1.54) is 23.5 Å². The van der Waals surface area contributed by atoms with Gasteiger partial charge in [0.2, 0.25) is 5.95 Å². The van der Waals surface area contributed by atoms with Gasteiger partial charge >= 0.3 is 0 Å². The average molecular weight is 553 g/mol. The number of imidazole rings is 1. The van der Waals surface area contributed by atoms with E-state index in [2.05, 4.69) is 42.1 Å². The highest BCUT2D eigenvalue weighted by molar-refractivity contribution is 5.83. The molecule has 3 aliphatic rings. The van der Waals surface area contributed by atoms with Crippen LogP contribution in [0.5, 0.6) is 0 Å². The fourth-order valence-electron chi connectivity index (χ4n) is 6.45. The van der Waals surface area contributed by atoms with Crippen molar-refractivity contribution >= 4 is 22.8 Å². The van der Waals surface area contributed by atoms with Gasteiger partial charge in [-0.1, -0.05) is 6.07 Å². The number of hydrogen-bond acceptors (Lipinski definition) is 7. The summed E-state index contributed by atoms with van der Waals surface area (Å²) in [6.45, 7) is 2.93. The summed E-state index contributed by atoms with van der Waals surface area (Å²) in [5.74, 6) is -0.524. The van der Waals surface area contributed by atoms with Crippen LogP contribution in [-0.4, -0.2) is 72.9 Å². The summed E-state index contributed by atoms with van der Waals surface area (Å²) in [6, 6.07) is 6.53. The number of halogens is 4. The molecule has 8 nitrogen and oxygen atoms in total. The summed E-state index contributed by atoms with van der Waals surface area (Å²) in [5.41, 5.74) is 1.24. The third-order valence-electron chi connectivity index (χ3n) is 8.52. The molecule has 3 unspecified atom stereocenters. The van der Waals surface area contributed by atoms with Gasteiger partial charge in [0.05, 0.1) is 17.8 Å². The number of likely N-dealkylation sites (N-methyl/N-ethyl adjacent to an activating group) is 1. The molecule has 0 spiro atoms. The number of nitrogens with zero attached hydrogens (tertiary/aromatic N) is 7. The predicted octanol–water partition coefficient (Wildman–Crippen LogP) is 4.94. The van der Waals surface area contributed by atoms with Crippen LogP contribution in [0.3, 0.4) is 0 Å². The molecule has 1 N–H and O–H groups in total. The largest absolute Gasteiger partial charge is 0.319 e. The van der Waals surface area contributed by atoms with Gasteiger partial charge in [0.1, 0.15) is 22.9 Å². The Balaban J connectivity index is 1.11. The number of rotatable bonds is 6. The summed E-state index contributed by atoms with van der Waals surface area (Å²) < 4.78 is 58.5. The normalized spacial score (nSPS) is 22.9. The van der Waals surface area contributed by atoms with Crippen LogP contribution < -0.4 is 5.32 Å². The quantitative estimate of drug-likeness (QED) is 0.340. The molecule has 3 aliphatic heterocycles. The van der Waals surface area contributed by atoms with Crippen molar-refractivity contribution in [3.8, 4) is 11.3 Å². The van der Waals surface area contributed by atoms with Gasteiger partial charge in [0.25, 0.3) is 6.43 Å². The molecule has 0 aliphatic carbocycles. The smallest absolute Gasteiger partial charge is 0.259 e. The molecule has 2 saturated heterocycles. The van der Waals surface area contributed by atoms with Crippen LogP contribution in [-0.2, 0) is 13.0 Å². The number of likely N-dealkylation sites (tertiary alicyclic amines) is 1. The lowest BCUT2D eigenvalue weighted by molar-refractivity contribution is 0.0837. The molecule has 6 heterocycles. The molecule has 0 saturated carbocycles. The molecule has 0 amide bonds. The number of aryl methyl sites for hydroxylation is 1. The Kier molecular flexibility index (Phi) is 6.19. The molecule has 2 bridgehead atoms. The van der Waals surface area contributed by atoms with Gasteiger partial charge in [-0.2, -0.15) is 0 Å². The van der Waals surface area contributed by atoms with E-state index in [9.17, 15) is 13.2 Å². The van der Waals surface area contributed by atoms with E-state index >= 15 is 4.39 Å². The van der Waals surface area contributed by atoms with Crippen molar-refractivity contribution in [2.75, 3.05) is 25.5 Å². The minimum absolute atomic E-state index is 0.00886. The Bertz CT molecular complexity index is 1560. The maximum absolute atomic E-state index is 15.0. The van der Waals surface area contributed by atoms with Crippen molar-refractivity contribution in [2.45, 2.75) is 56.8 Å². The van der Waals surface area contributed by atoms with E-state index in [-0.39, 0.29) is 34.7 Å². The number of anilines is 2. The van der Waals surface area contributed by atoms with E-state index in [1.54, 1.807) is 6.20 Å². The molecule has 4 aromatic rings. The number of fused-ring (bicyclic) bond motifs is 5. The Morgan fingerprint density at radius 2 is 1.77 bits per heavy atom. The standard InChI is InChI=1S/C28H28F4N8/c1-38-17-3-4-18(38)14-39(13-17)12-15-2-6-23(33-10-15)35-28-34-11-20(30)25(37-28)16-8-19(29)26-22(9-16)40-21(27(31)32)5-7-24(40)36-26/h2,6,8-11,17-18,21,27H,3-5,7,12-14H2,1H3,(H,33,34,35,37). The molecular weight excluding hydrogens is 524 g/mol. The molecule has 7 rings (SSSR count). The van der Waals surface area contributed by atoms with Crippen LogP contribution in [0, 0.1) is 11.6 Å². The number of piperazine rings is 1. The van der Waals surface area contributed by atoms with Crippen molar-refractivity contribution < 1.29 is 17.6 Å². The third-order valence-corrected chi connectivity index (χ3v) is 8.52. The second-order valence-corrected chi connectivity index (χ2v) is 11.0. The highest BCUT2D eigenvalue weighted by Gasteiger charge is 2.37. The van der Waals surface area contributed by atoms with E-state index in [0.29, 0.717) is 30.1 Å². The zero-order valence-electron chi connectivity index (χ0n) is 21.9. The maximum Gasteiger partial charge on any atom is 0.259 e. The fraction of sp³-hybridized carbons (Fsp3) is 0.429. The summed E-state index contributed by atoms with van der Waals surface area (Å²) in [4.78, 5) is 21.9. The van der Waals surface area contributed by atoms with Crippen molar-refractivity contribution in [3.63, 3.8) is 0 Å². The summed E-state index contributed by atoms with van der Waals surface area (Å²) in [7, 11) is 2.21. The molecule has 1 aromatic carbocycles. The van der Waals surface area contributed by atoms with Crippen LogP contribution in [0.2, 0.25) is 0 Å². The highest BCUT2D eigenvalue weighted by atomic mass is 19.3. The van der Waals surface area contributed by atoms with Crippen molar-refractivity contribution in [2.24, 2.45) is 0 Å². The number of aromatic nitrogens is 5. The van der Waals surface area contributed by atoms with Crippen LogP contribution in [0.25, 0.3) is 22.3 Å². The minimum atomic E-state index is -2.62. The van der Waals surface area contributed by atoms with Gasteiger partial charge in [-0.3, -0.25) is 9.80 Å². The Morgan fingerprint density at radius 3 is 2.50 bits per heavy atom. The van der Waals surface area contributed by atoms with Crippen LogP contribution in [0.4, 0.5) is 29.3 Å². The van der Waals surface area contributed by atoms with Crippen molar-refractivity contribution in [3.05, 3.63) is 59.7 Å². The number of benzene rings is 1. The van der Waals surface area contributed by atoms with E-state index in [0.717, 1.165) is 37.5 Å². The lowest BCUT2D eigenvalue weighted by atomic mass is 10.1. The average Bonchev–Trinajstić information content (AvgIpc) is 3.56. The second-order valence-electron chi connectivity index (χ2n) is 11.0. The number of nitrogens with one attached hydrogen (secondary N) is 1. The molecule has 3 aromatic heterocycles. The lowest BCUT2D eigenvalue weighted by Gasteiger charge is -2.38. The molecular formula is C28H28F4N8. The van der Waals surface area contributed by atoms with Crippen molar-refractivity contribution in [1.29, 1.82) is 0 Å². The molecule has 12 heteroatoms. The Morgan fingerprint density at radius 1 is 0.975 bits per heavy atom. The summed E-state index contributed by atoms with van der Waals surface area (Å²) >= 11 is 0. The SMILES string of the molecule is CN1C2CCC1CN(Cc1ccc(Nc3ncc(F)c(-c4cc(F)c5nc6n(c5c4)C(C(F)F)CC6)n3)nc1)C2. The van der Waals surface area contributed by atoms with Crippen LogP contribution >= 0.6 is 0 Å². The predicted molar refractivity (Wildman–Crippen MR) is 141 cm³/mol. The van der Waals surface area contributed by atoms with Crippen LogP contribution in [0.15, 0.2) is 36.7 Å². The first-order chi connectivity index (χ1) is 19.3. The van der Waals surface area contributed by atoms with Crippen LogP contribution in [0.1, 0.15) is 36.7 Å². The van der Waals surface area contributed by atoms with Gasteiger partial charge in [0.15, 0.2) is 11.6 Å². The summed E-state index contributed by atoms with van der Waals surface area (Å²) in [5, 5.41) is 2.98. The summed E-state index contributed by atoms with van der Waals surface area (Å²) in [6.07, 6.45) is 3.23. The molecule has 40 heavy (non-hydrogen) atoms. The first-order valence-electron chi connectivity index (χ1n) is 13.5. The van der Waals surface area contributed by atoms with Gasteiger partial charge in [-0.25, -0.2) is 37.5 Å². The lowest BCUT2D eigenvalue weighted by Crippen LogP contribution is -2.51. The maximum atomic E-state index is 15.0. The Hall–Kier alpha value is -3.64. The number of pyridine rings is 1. The third kappa shape index (κ3) is 4.39. The highest BCUT2D eigenvalue weighted by Crippen LogP contribution is 2.37. The number of hydrogen-bond donors (Lipinski definition) is 1. The van der Waals surface area contributed by atoms with Gasteiger partial charge < -0.3 is 9.88 Å². The zero-order chi connectivity index (χ0) is 27.5. The van der Waals surface area contributed by atoms with Gasteiger partial charge in [0, 0.05) is 49.9 Å². The monoisotopic (exact) mass is 552 g/mol. The minimum Gasteiger partial charge on any atom is -0.319 e. The van der Waals surface area contributed by atoms with E-state index < -0.39 is 24.1 Å². The fourth-order valence-corrected chi connectivity index (χ4v) is 6.45. The molecule has 3 atom stereocenters. The second kappa shape index (κ2) is 9.77. The number of alkyl halides is 2. The van der Waals surface area contributed by atoms with Crippen molar-refractivity contribution in [1.82, 2.24) is 34.3 Å². The van der Waals surface area contributed by atoms with Gasteiger partial charge in [-0.15, -0.1) is 0 Å². The first-order valence-corrected chi connectivity index (χ1v) is 13.5. The molecule has 208 valence electrons. The van der Waals surface area contributed by atoms with E-state index in [1.807, 2.05) is 12.1 Å². The van der Waals surface area contributed by atoms with Gasteiger partial charge in [-0.05, 0) is 50.1 Å². The molecule has 0 radical (unpaired) electrons. The van der Waals surface area contributed by atoms with E-state index in [4.69, 9.17) is 0 Å².